The summed E-state index contributed by atoms with van der Waals surface area (Å²) in [4.78, 5) is 41.7. The molecule has 41 heavy (non-hydrogen) atoms. The Hall–Kier alpha value is -5.05. The SMILES string of the molecule is Cn1c(=O)n(C2CCN(C(=O)O)C(Cc3ccccc3)C2)c2c3nc(-c4cnc5ccccc5c4)ccc3ncc21. The van der Waals surface area contributed by atoms with E-state index in [2.05, 4.69) is 16.0 Å². The molecular weight excluding hydrogens is 516 g/mol. The van der Waals surface area contributed by atoms with Crippen molar-refractivity contribution >= 4 is 39.1 Å². The maximum atomic E-state index is 13.7. The zero-order chi connectivity index (χ0) is 28.1. The maximum absolute atomic E-state index is 13.7. The van der Waals surface area contributed by atoms with E-state index >= 15 is 0 Å². The second-order valence-electron chi connectivity index (χ2n) is 10.7. The highest BCUT2D eigenvalue weighted by atomic mass is 16.4. The average Bonchev–Trinajstić information content (AvgIpc) is 3.26. The summed E-state index contributed by atoms with van der Waals surface area (Å²) in [5.41, 5.74) is 6.22. The summed E-state index contributed by atoms with van der Waals surface area (Å²) >= 11 is 0. The number of likely N-dealkylation sites (tertiary alicyclic amines) is 1. The molecule has 0 spiro atoms. The minimum atomic E-state index is -0.931. The first-order chi connectivity index (χ1) is 20.0. The molecule has 2 unspecified atom stereocenters. The Morgan fingerprint density at radius 1 is 0.976 bits per heavy atom. The van der Waals surface area contributed by atoms with Crippen molar-refractivity contribution in [2.45, 2.75) is 31.3 Å². The summed E-state index contributed by atoms with van der Waals surface area (Å²) < 4.78 is 3.44. The lowest BCUT2D eigenvalue weighted by Crippen LogP contribution is -2.48. The van der Waals surface area contributed by atoms with Crippen molar-refractivity contribution in [1.29, 1.82) is 0 Å². The van der Waals surface area contributed by atoms with Crippen LogP contribution in [-0.4, -0.2) is 52.8 Å². The van der Waals surface area contributed by atoms with E-state index < -0.39 is 6.09 Å². The van der Waals surface area contributed by atoms with Crippen LogP contribution in [0.1, 0.15) is 24.4 Å². The van der Waals surface area contributed by atoms with Crippen LogP contribution >= 0.6 is 0 Å². The van der Waals surface area contributed by atoms with Crippen LogP contribution in [0.4, 0.5) is 4.79 Å². The van der Waals surface area contributed by atoms with E-state index in [1.807, 2.05) is 77.5 Å². The number of carboxylic acid groups (broad SMARTS) is 1. The molecule has 1 fully saturated rings. The fourth-order valence-corrected chi connectivity index (χ4v) is 6.19. The van der Waals surface area contributed by atoms with Gasteiger partial charge in [0, 0.05) is 42.8 Å². The lowest BCUT2D eigenvalue weighted by atomic mass is 9.92. The highest BCUT2D eigenvalue weighted by Crippen LogP contribution is 2.33. The van der Waals surface area contributed by atoms with E-state index in [0.29, 0.717) is 42.4 Å². The number of fused-ring (bicyclic) bond motifs is 4. The summed E-state index contributed by atoms with van der Waals surface area (Å²) in [7, 11) is 1.75. The number of nitrogens with zero attached hydrogens (tertiary/aromatic N) is 6. The van der Waals surface area contributed by atoms with Gasteiger partial charge in [0.2, 0.25) is 0 Å². The van der Waals surface area contributed by atoms with E-state index in [4.69, 9.17) is 4.98 Å². The van der Waals surface area contributed by atoms with Crippen LogP contribution in [-0.2, 0) is 13.5 Å². The van der Waals surface area contributed by atoms with E-state index in [9.17, 15) is 14.7 Å². The van der Waals surface area contributed by atoms with Gasteiger partial charge in [-0.2, -0.15) is 0 Å². The van der Waals surface area contributed by atoms with Crippen LogP contribution in [0.25, 0.3) is 44.2 Å². The Labute approximate surface area is 235 Å². The Balaban J connectivity index is 1.35. The average molecular weight is 545 g/mol. The number of hydrogen-bond donors (Lipinski definition) is 1. The molecule has 2 aromatic carbocycles. The molecule has 1 aliphatic rings. The van der Waals surface area contributed by atoms with Crippen LogP contribution in [0.3, 0.4) is 0 Å². The first kappa shape index (κ1) is 25.0. The van der Waals surface area contributed by atoms with Crippen LogP contribution in [0.15, 0.2) is 90.0 Å². The summed E-state index contributed by atoms with van der Waals surface area (Å²) in [6.07, 6.45) is 4.26. The Bertz CT molecular complexity index is 2000. The molecule has 2 atom stereocenters. The third kappa shape index (κ3) is 4.30. The minimum Gasteiger partial charge on any atom is -0.465 e. The van der Waals surface area contributed by atoms with Gasteiger partial charge in [-0.15, -0.1) is 0 Å². The van der Waals surface area contributed by atoms with Gasteiger partial charge in [-0.3, -0.25) is 19.1 Å². The van der Waals surface area contributed by atoms with Crippen LogP contribution in [0, 0.1) is 0 Å². The van der Waals surface area contributed by atoms with Crippen molar-refractivity contribution in [3.63, 3.8) is 0 Å². The number of aromatic nitrogens is 5. The highest BCUT2D eigenvalue weighted by Gasteiger charge is 2.34. The van der Waals surface area contributed by atoms with Crippen LogP contribution in [0.5, 0.6) is 0 Å². The number of piperidine rings is 1. The summed E-state index contributed by atoms with van der Waals surface area (Å²) in [5, 5.41) is 11.0. The lowest BCUT2D eigenvalue weighted by molar-refractivity contribution is 0.0914. The number of aryl methyl sites for hydroxylation is 1. The van der Waals surface area contributed by atoms with E-state index in [1.54, 1.807) is 17.8 Å². The third-order valence-corrected chi connectivity index (χ3v) is 8.26. The smallest absolute Gasteiger partial charge is 0.407 e. The quantitative estimate of drug-likeness (QED) is 0.318. The molecule has 7 rings (SSSR count). The second-order valence-corrected chi connectivity index (χ2v) is 10.7. The molecule has 0 aliphatic carbocycles. The molecule has 0 bridgehead atoms. The molecule has 0 saturated carbocycles. The standard InChI is InChI=1S/C32H28N6O3/c1-36-28-19-34-27-12-11-26(22-16-21-9-5-6-10-25(21)33-18-22)35-29(27)30(28)38(31(36)39)23-13-14-37(32(40)41)24(17-23)15-20-7-3-2-4-8-20/h2-12,16,18-19,23-24H,13-15,17H2,1H3,(H,40,41). The molecule has 5 heterocycles. The summed E-state index contributed by atoms with van der Waals surface area (Å²) in [6, 6.07) is 23.3. The molecule has 6 aromatic rings. The molecule has 0 radical (unpaired) electrons. The van der Waals surface area contributed by atoms with Crippen molar-refractivity contribution in [1.82, 2.24) is 29.0 Å². The summed E-state index contributed by atoms with van der Waals surface area (Å²) in [5.74, 6) is 0. The van der Waals surface area contributed by atoms with Crippen molar-refractivity contribution in [3.8, 4) is 11.3 Å². The molecule has 1 aliphatic heterocycles. The first-order valence-electron chi connectivity index (χ1n) is 13.7. The molecular formula is C32H28N6O3. The number of imidazole rings is 1. The number of rotatable bonds is 4. The minimum absolute atomic E-state index is 0.152. The largest absolute Gasteiger partial charge is 0.465 e. The predicted molar refractivity (Wildman–Crippen MR) is 158 cm³/mol. The van der Waals surface area contributed by atoms with Gasteiger partial charge in [0.25, 0.3) is 0 Å². The number of carbonyl (C=O) groups is 1. The van der Waals surface area contributed by atoms with Crippen molar-refractivity contribution in [2.75, 3.05) is 6.54 Å². The molecule has 9 nitrogen and oxygen atoms in total. The molecule has 4 aromatic heterocycles. The Kier molecular flexibility index (Phi) is 6.00. The predicted octanol–water partition coefficient (Wildman–Crippen LogP) is 5.42. The lowest BCUT2D eigenvalue weighted by Gasteiger charge is -2.38. The van der Waals surface area contributed by atoms with Crippen LogP contribution < -0.4 is 5.69 Å². The van der Waals surface area contributed by atoms with Gasteiger partial charge in [-0.05, 0) is 49.1 Å². The topological polar surface area (TPSA) is 106 Å². The third-order valence-electron chi connectivity index (χ3n) is 8.26. The van der Waals surface area contributed by atoms with E-state index in [-0.39, 0.29) is 17.8 Å². The Morgan fingerprint density at radius 2 is 1.76 bits per heavy atom. The van der Waals surface area contributed by atoms with Gasteiger partial charge in [-0.1, -0.05) is 48.5 Å². The van der Waals surface area contributed by atoms with Crippen molar-refractivity contribution < 1.29 is 9.90 Å². The van der Waals surface area contributed by atoms with Gasteiger partial charge in [0.15, 0.2) is 0 Å². The molecule has 1 N–H and O–H groups in total. The van der Waals surface area contributed by atoms with E-state index in [1.165, 1.54) is 4.90 Å². The number of amides is 1. The van der Waals surface area contributed by atoms with Crippen molar-refractivity contribution in [3.05, 3.63) is 101 Å². The Morgan fingerprint density at radius 3 is 2.59 bits per heavy atom. The molecule has 1 amide bonds. The summed E-state index contributed by atoms with van der Waals surface area (Å²) in [6.45, 7) is 0.352. The van der Waals surface area contributed by atoms with E-state index in [0.717, 1.165) is 33.2 Å². The highest BCUT2D eigenvalue weighted by molar-refractivity contribution is 6.00. The number of para-hydroxylation sites is 1. The fourth-order valence-electron chi connectivity index (χ4n) is 6.19. The van der Waals surface area contributed by atoms with Gasteiger partial charge >= 0.3 is 11.8 Å². The molecule has 9 heteroatoms. The first-order valence-corrected chi connectivity index (χ1v) is 13.7. The van der Waals surface area contributed by atoms with Gasteiger partial charge in [0.05, 0.1) is 34.0 Å². The van der Waals surface area contributed by atoms with Gasteiger partial charge in [0.1, 0.15) is 5.52 Å². The van der Waals surface area contributed by atoms with Gasteiger partial charge in [-0.25, -0.2) is 14.6 Å². The number of hydrogen-bond acceptors (Lipinski definition) is 5. The zero-order valence-electron chi connectivity index (χ0n) is 22.5. The monoisotopic (exact) mass is 544 g/mol. The van der Waals surface area contributed by atoms with Crippen molar-refractivity contribution in [2.24, 2.45) is 7.05 Å². The molecule has 204 valence electrons. The second kappa shape index (κ2) is 9.85. The number of pyridine rings is 3. The van der Waals surface area contributed by atoms with Gasteiger partial charge < -0.3 is 10.0 Å². The molecule has 1 saturated heterocycles. The zero-order valence-corrected chi connectivity index (χ0v) is 22.5. The fraction of sp³-hybridized carbons (Fsp3) is 0.219. The maximum Gasteiger partial charge on any atom is 0.407 e. The van der Waals surface area contributed by atoms with Crippen LogP contribution in [0.2, 0.25) is 0 Å². The normalized spacial score (nSPS) is 17.4. The number of benzene rings is 2.